The molecule has 0 fully saturated rings. The Kier molecular flexibility index (Phi) is 6.51. The SMILES string of the molecule is CCCCN(CCOC)C(=O)c1cc(Br)c2c(c1)OCCO2. The van der Waals surface area contributed by atoms with Gasteiger partial charge in [-0.05, 0) is 34.5 Å². The molecule has 22 heavy (non-hydrogen) atoms. The maximum atomic E-state index is 12.7. The van der Waals surface area contributed by atoms with Crippen molar-refractivity contribution < 1.29 is 19.0 Å². The van der Waals surface area contributed by atoms with E-state index in [1.54, 1.807) is 19.2 Å². The number of benzene rings is 1. The highest BCUT2D eigenvalue weighted by atomic mass is 79.9. The van der Waals surface area contributed by atoms with E-state index in [1.165, 1.54) is 0 Å². The highest BCUT2D eigenvalue weighted by Gasteiger charge is 2.21. The first-order valence-corrected chi connectivity index (χ1v) is 8.34. The number of fused-ring (bicyclic) bond motifs is 1. The van der Waals surface area contributed by atoms with Crippen molar-refractivity contribution in [3.63, 3.8) is 0 Å². The Labute approximate surface area is 139 Å². The minimum absolute atomic E-state index is 0.0110. The van der Waals surface area contributed by atoms with Crippen molar-refractivity contribution in [1.29, 1.82) is 0 Å². The summed E-state index contributed by atoms with van der Waals surface area (Å²) in [5, 5.41) is 0. The maximum Gasteiger partial charge on any atom is 0.254 e. The van der Waals surface area contributed by atoms with E-state index >= 15 is 0 Å². The molecule has 5 nitrogen and oxygen atoms in total. The fourth-order valence-corrected chi connectivity index (χ4v) is 2.84. The van der Waals surface area contributed by atoms with Crippen LogP contribution < -0.4 is 9.47 Å². The lowest BCUT2D eigenvalue weighted by Gasteiger charge is -2.24. The zero-order chi connectivity index (χ0) is 15.9. The van der Waals surface area contributed by atoms with Crippen molar-refractivity contribution >= 4 is 21.8 Å². The van der Waals surface area contributed by atoms with Gasteiger partial charge in [-0.25, -0.2) is 0 Å². The van der Waals surface area contributed by atoms with Gasteiger partial charge in [0, 0.05) is 25.8 Å². The van der Waals surface area contributed by atoms with Crippen LogP contribution >= 0.6 is 15.9 Å². The van der Waals surface area contributed by atoms with Gasteiger partial charge in [-0.3, -0.25) is 4.79 Å². The van der Waals surface area contributed by atoms with Crippen LogP contribution in [-0.2, 0) is 4.74 Å². The Morgan fingerprint density at radius 3 is 2.82 bits per heavy atom. The van der Waals surface area contributed by atoms with E-state index in [4.69, 9.17) is 14.2 Å². The second kappa shape index (κ2) is 8.39. The van der Waals surface area contributed by atoms with Crippen LogP contribution in [0.1, 0.15) is 30.1 Å². The molecule has 1 aliphatic heterocycles. The third-order valence-electron chi connectivity index (χ3n) is 3.48. The molecule has 0 spiro atoms. The fourth-order valence-electron chi connectivity index (χ4n) is 2.28. The molecule has 0 N–H and O–H groups in total. The van der Waals surface area contributed by atoms with Gasteiger partial charge in [0.2, 0.25) is 0 Å². The van der Waals surface area contributed by atoms with Crippen molar-refractivity contribution in [2.45, 2.75) is 19.8 Å². The summed E-state index contributed by atoms with van der Waals surface area (Å²) in [6.07, 6.45) is 2.02. The molecular weight excluding hydrogens is 350 g/mol. The first kappa shape index (κ1) is 17.1. The molecular formula is C16H22BrNO4. The molecule has 0 saturated carbocycles. The molecule has 1 amide bonds. The molecule has 0 saturated heterocycles. The molecule has 122 valence electrons. The lowest BCUT2D eigenvalue weighted by molar-refractivity contribution is 0.0691. The first-order chi connectivity index (χ1) is 10.7. The van der Waals surface area contributed by atoms with E-state index in [0.29, 0.717) is 43.4 Å². The summed E-state index contributed by atoms with van der Waals surface area (Å²) in [6.45, 7) is 4.97. The number of hydrogen-bond acceptors (Lipinski definition) is 4. The number of nitrogens with zero attached hydrogens (tertiary/aromatic N) is 1. The number of unbranched alkanes of at least 4 members (excludes halogenated alkanes) is 1. The number of rotatable bonds is 7. The van der Waals surface area contributed by atoms with Gasteiger partial charge in [0.15, 0.2) is 11.5 Å². The Bertz CT molecular complexity index is 513. The van der Waals surface area contributed by atoms with Crippen molar-refractivity contribution in [1.82, 2.24) is 4.90 Å². The molecule has 1 aromatic carbocycles. The number of hydrogen-bond donors (Lipinski definition) is 0. The van der Waals surface area contributed by atoms with Gasteiger partial charge < -0.3 is 19.1 Å². The van der Waals surface area contributed by atoms with Crippen LogP contribution in [0.3, 0.4) is 0 Å². The van der Waals surface area contributed by atoms with Gasteiger partial charge >= 0.3 is 0 Å². The van der Waals surface area contributed by atoms with Crippen LogP contribution in [0.2, 0.25) is 0 Å². The van der Waals surface area contributed by atoms with Gasteiger partial charge in [0.25, 0.3) is 5.91 Å². The third kappa shape index (κ3) is 4.14. The molecule has 0 unspecified atom stereocenters. The predicted molar refractivity (Wildman–Crippen MR) is 87.8 cm³/mol. The molecule has 0 aliphatic carbocycles. The highest BCUT2D eigenvalue weighted by molar-refractivity contribution is 9.10. The molecule has 0 bridgehead atoms. The summed E-state index contributed by atoms with van der Waals surface area (Å²) in [5.74, 6) is 1.27. The summed E-state index contributed by atoms with van der Waals surface area (Å²) >= 11 is 3.46. The Hall–Kier alpha value is -1.27. The van der Waals surface area contributed by atoms with Gasteiger partial charge in [-0.1, -0.05) is 13.3 Å². The topological polar surface area (TPSA) is 48.0 Å². The molecule has 6 heteroatoms. The van der Waals surface area contributed by atoms with E-state index < -0.39 is 0 Å². The van der Waals surface area contributed by atoms with E-state index in [0.717, 1.165) is 23.9 Å². The minimum Gasteiger partial charge on any atom is -0.486 e. The number of amides is 1. The quantitative estimate of drug-likeness (QED) is 0.738. The zero-order valence-electron chi connectivity index (χ0n) is 13.1. The summed E-state index contributed by atoms with van der Waals surface area (Å²) < 4.78 is 17.0. The second-order valence-corrected chi connectivity index (χ2v) is 5.98. The van der Waals surface area contributed by atoms with Crippen molar-refractivity contribution in [2.75, 3.05) is 40.0 Å². The second-order valence-electron chi connectivity index (χ2n) is 5.12. The van der Waals surface area contributed by atoms with Crippen LogP contribution in [0, 0.1) is 0 Å². The van der Waals surface area contributed by atoms with Gasteiger partial charge in [0.05, 0.1) is 11.1 Å². The third-order valence-corrected chi connectivity index (χ3v) is 4.07. The average molecular weight is 372 g/mol. The average Bonchev–Trinajstić information content (AvgIpc) is 2.54. The summed E-state index contributed by atoms with van der Waals surface area (Å²) in [7, 11) is 1.64. The van der Waals surface area contributed by atoms with Crippen LogP contribution in [-0.4, -0.2) is 50.8 Å². The number of carbonyl (C=O) groups excluding carboxylic acids is 1. The van der Waals surface area contributed by atoms with Crippen LogP contribution in [0.5, 0.6) is 11.5 Å². The van der Waals surface area contributed by atoms with E-state index in [-0.39, 0.29) is 5.91 Å². The zero-order valence-corrected chi connectivity index (χ0v) is 14.6. The molecule has 1 aliphatic rings. The number of halogens is 1. The lowest BCUT2D eigenvalue weighted by atomic mass is 10.1. The van der Waals surface area contributed by atoms with E-state index in [1.807, 2.05) is 4.90 Å². The monoisotopic (exact) mass is 371 g/mol. The fraction of sp³-hybridized carbons (Fsp3) is 0.562. The van der Waals surface area contributed by atoms with Gasteiger partial charge in [0.1, 0.15) is 13.2 Å². The summed E-state index contributed by atoms with van der Waals surface area (Å²) in [5.41, 5.74) is 0.600. The maximum absolute atomic E-state index is 12.7. The first-order valence-electron chi connectivity index (χ1n) is 7.54. The molecule has 0 radical (unpaired) electrons. The normalized spacial score (nSPS) is 13.0. The van der Waals surface area contributed by atoms with Crippen molar-refractivity contribution in [3.05, 3.63) is 22.2 Å². The standard InChI is InChI=1S/C16H22BrNO4/c1-3-4-5-18(6-7-20-2)16(19)12-10-13(17)15-14(11-12)21-8-9-22-15/h10-11H,3-9H2,1-2H3. The molecule has 1 aromatic rings. The summed E-state index contributed by atoms with van der Waals surface area (Å²) in [4.78, 5) is 14.6. The molecule has 2 rings (SSSR count). The molecule has 0 atom stereocenters. The van der Waals surface area contributed by atoms with Crippen LogP contribution in [0.4, 0.5) is 0 Å². The molecule has 1 heterocycles. The van der Waals surface area contributed by atoms with E-state index in [2.05, 4.69) is 22.9 Å². The highest BCUT2D eigenvalue weighted by Crippen LogP contribution is 2.38. The molecule has 0 aromatic heterocycles. The van der Waals surface area contributed by atoms with Crippen molar-refractivity contribution in [3.8, 4) is 11.5 Å². The lowest BCUT2D eigenvalue weighted by Crippen LogP contribution is -2.35. The Morgan fingerprint density at radius 2 is 2.09 bits per heavy atom. The Balaban J connectivity index is 2.20. The largest absolute Gasteiger partial charge is 0.486 e. The number of carbonyl (C=O) groups is 1. The van der Waals surface area contributed by atoms with Crippen molar-refractivity contribution in [2.24, 2.45) is 0 Å². The predicted octanol–water partition coefficient (Wildman–Crippen LogP) is 3.11. The van der Waals surface area contributed by atoms with Crippen LogP contribution in [0.25, 0.3) is 0 Å². The smallest absolute Gasteiger partial charge is 0.254 e. The van der Waals surface area contributed by atoms with Gasteiger partial charge in [-0.15, -0.1) is 0 Å². The van der Waals surface area contributed by atoms with Gasteiger partial charge in [-0.2, -0.15) is 0 Å². The van der Waals surface area contributed by atoms with Crippen LogP contribution in [0.15, 0.2) is 16.6 Å². The summed E-state index contributed by atoms with van der Waals surface area (Å²) in [6, 6.07) is 3.55. The van der Waals surface area contributed by atoms with E-state index in [9.17, 15) is 4.79 Å². The number of ether oxygens (including phenoxy) is 3. The number of methoxy groups -OCH3 is 1. The Morgan fingerprint density at radius 1 is 1.32 bits per heavy atom. The minimum atomic E-state index is -0.0110.